The molecule has 0 N–H and O–H groups in total. The second kappa shape index (κ2) is 893. The van der Waals surface area contributed by atoms with E-state index < -0.39 is 0 Å². The SMILES string of the molecule is [B].[B].[B].[B].[B].[B].[B].[B].[B].[B].[B].[B].[Mg]. The summed E-state index contributed by atoms with van der Waals surface area (Å²) in [5, 5.41) is 0. The number of rotatable bonds is 0. The van der Waals surface area contributed by atoms with Gasteiger partial charge in [-0.2, -0.15) is 0 Å². The van der Waals surface area contributed by atoms with Gasteiger partial charge in [0.05, 0.1) is 0 Å². The van der Waals surface area contributed by atoms with E-state index in [9.17, 15) is 0 Å². The van der Waals surface area contributed by atoms with Gasteiger partial charge in [0, 0.05) is 124 Å². The fourth-order valence-electron chi connectivity index (χ4n) is 0. The number of hydrogen-bond acceptors (Lipinski definition) is 0. The van der Waals surface area contributed by atoms with Crippen LogP contribution in [0.5, 0.6) is 0 Å². The average Bonchev–Trinajstić information content (AvgIpc) is 0. The van der Waals surface area contributed by atoms with Gasteiger partial charge in [-0.05, 0) is 0 Å². The van der Waals surface area contributed by atoms with Gasteiger partial charge in [-0.15, -0.1) is 0 Å². The first-order chi connectivity index (χ1) is 0. The van der Waals surface area contributed by atoms with E-state index in [1.54, 1.807) is 0 Å². The zero-order valence-electron chi connectivity index (χ0n) is 7.64. The van der Waals surface area contributed by atoms with Crippen molar-refractivity contribution in [3.8, 4) is 0 Å². The summed E-state index contributed by atoms with van der Waals surface area (Å²) in [6.07, 6.45) is 0. The Balaban J connectivity index is 0. The molecule has 0 amide bonds. The molecule has 0 spiro atoms. The van der Waals surface area contributed by atoms with Gasteiger partial charge in [0.1, 0.15) is 0 Å². The second-order valence-electron chi connectivity index (χ2n) is 0. The molecule has 13 heavy (non-hydrogen) atoms. The summed E-state index contributed by atoms with van der Waals surface area (Å²) in [5.74, 6) is 0. The van der Waals surface area contributed by atoms with E-state index in [2.05, 4.69) is 0 Å². The predicted molar refractivity (Wildman–Crippen MR) is 74.8 cm³/mol. The van der Waals surface area contributed by atoms with E-state index in [1.165, 1.54) is 0 Å². The lowest BCUT2D eigenvalue weighted by atomic mass is 10.8. The van der Waals surface area contributed by atoms with E-state index in [0.717, 1.165) is 0 Å². The summed E-state index contributed by atoms with van der Waals surface area (Å²) in [4.78, 5) is 0. The summed E-state index contributed by atoms with van der Waals surface area (Å²) in [6.45, 7) is 0. The van der Waals surface area contributed by atoms with Crippen molar-refractivity contribution < 1.29 is 0 Å². The van der Waals surface area contributed by atoms with Crippen LogP contribution in [0.2, 0.25) is 0 Å². The zero-order valence-corrected chi connectivity index (χ0v) is 9.05. The zero-order chi connectivity index (χ0) is 0. The van der Waals surface area contributed by atoms with E-state index in [4.69, 9.17) is 0 Å². The minimum Gasteiger partial charge on any atom is 0 e. The molecule has 0 nitrogen and oxygen atoms in total. The average molecular weight is 154 g/mol. The fourth-order valence-corrected chi connectivity index (χ4v) is 0. The molecular weight excluding hydrogens is 154 g/mol. The molecule has 0 unspecified atom stereocenters. The molecule has 0 aromatic rings. The summed E-state index contributed by atoms with van der Waals surface area (Å²) in [7, 11) is 0. The van der Waals surface area contributed by atoms with Gasteiger partial charge >= 0.3 is 0 Å². The van der Waals surface area contributed by atoms with Gasteiger partial charge in [-0.25, -0.2) is 0 Å². The Morgan fingerprint density at radius 1 is 0.154 bits per heavy atom. The molecule has 0 atom stereocenters. The van der Waals surface area contributed by atoms with Crippen molar-refractivity contribution >= 4 is 124 Å². The van der Waals surface area contributed by atoms with Crippen LogP contribution in [0.3, 0.4) is 0 Å². The smallest absolute Gasteiger partial charge is 0 e. The molecular formula is B12Mg. The summed E-state index contributed by atoms with van der Waals surface area (Å²) in [5.41, 5.74) is 0. The maximum Gasteiger partial charge on any atom is 0 e. The molecule has 0 heterocycles. The van der Waals surface area contributed by atoms with Crippen LogP contribution in [0, 0.1) is 0 Å². The largest absolute Gasteiger partial charge is 0 e. The maximum atomic E-state index is 0. The molecule has 13 heteroatoms. The Bertz CT molecular complexity index is 5.09. The van der Waals surface area contributed by atoms with Crippen molar-refractivity contribution in [3.63, 3.8) is 0 Å². The summed E-state index contributed by atoms with van der Waals surface area (Å²) < 4.78 is 0. The molecule has 0 fully saturated rings. The molecule has 0 aliphatic heterocycles. The second-order valence-corrected chi connectivity index (χ2v) is 0. The van der Waals surface area contributed by atoms with Crippen LogP contribution in [0.15, 0.2) is 0 Å². The minimum absolute atomic E-state index is 0. The Morgan fingerprint density at radius 3 is 0.154 bits per heavy atom. The van der Waals surface area contributed by atoms with Crippen LogP contribution >= 0.6 is 0 Å². The quantitative estimate of drug-likeness (QED) is 0.307. The van der Waals surface area contributed by atoms with Gasteiger partial charge < -0.3 is 0 Å². The third kappa shape index (κ3) is 756. The van der Waals surface area contributed by atoms with Crippen LogP contribution in [0.4, 0.5) is 0 Å². The van der Waals surface area contributed by atoms with Crippen molar-refractivity contribution in [1.29, 1.82) is 0 Å². The van der Waals surface area contributed by atoms with Crippen LogP contribution in [-0.4, -0.2) is 124 Å². The van der Waals surface area contributed by atoms with Gasteiger partial charge in [0.15, 0.2) is 0 Å². The van der Waals surface area contributed by atoms with Crippen molar-refractivity contribution in [1.82, 2.24) is 0 Å². The molecule has 0 bridgehead atoms. The number of hydrogen-bond donors (Lipinski definition) is 0. The molecule has 38 radical (unpaired) electrons. The first kappa shape index (κ1) is 1120. The summed E-state index contributed by atoms with van der Waals surface area (Å²) in [6, 6.07) is 0. The predicted octanol–water partition coefficient (Wildman–Crippen LogP) is -4.95. The highest BCUT2D eigenvalue weighted by Crippen LogP contribution is -0.369. The van der Waals surface area contributed by atoms with Crippen LogP contribution < -0.4 is 0 Å². The lowest BCUT2D eigenvalue weighted by molar-refractivity contribution is 5.75. The topological polar surface area (TPSA) is 0 Å². The molecule has 0 aromatic carbocycles. The Morgan fingerprint density at radius 2 is 0.154 bits per heavy atom. The Kier molecular flexibility index (Phi) is 76700. The van der Waals surface area contributed by atoms with E-state index in [0.29, 0.717) is 0 Å². The molecule has 0 rings (SSSR count). The van der Waals surface area contributed by atoms with Crippen LogP contribution in [0.1, 0.15) is 0 Å². The molecule has 0 saturated carbocycles. The highest BCUT2D eigenvalue weighted by atomic mass is 24.3. The molecule has 0 aliphatic carbocycles. The van der Waals surface area contributed by atoms with Gasteiger partial charge in [-0.1, -0.05) is 0 Å². The Hall–Kier alpha value is 1.55. The first-order valence-electron chi connectivity index (χ1n) is 0. The van der Waals surface area contributed by atoms with Crippen molar-refractivity contribution in [3.05, 3.63) is 0 Å². The third-order valence-corrected chi connectivity index (χ3v) is 0. The lowest BCUT2D eigenvalue weighted by Crippen LogP contribution is -0.382. The Labute approximate surface area is 124 Å². The molecule has 0 aromatic heterocycles. The normalized spacial score (nSPS) is 0. The lowest BCUT2D eigenvalue weighted by Gasteiger charge is -0.00100. The molecule has 38 valence electrons. The van der Waals surface area contributed by atoms with Crippen LogP contribution in [0.25, 0.3) is 0 Å². The standard InChI is InChI=1S/12B.Mg. The fraction of sp³-hybridized carbons (Fsp3) is 0. The summed E-state index contributed by atoms with van der Waals surface area (Å²) >= 11 is 0. The monoisotopic (exact) mass is 156 g/mol. The molecule has 0 saturated heterocycles. The third-order valence-electron chi connectivity index (χ3n) is 0. The van der Waals surface area contributed by atoms with Crippen molar-refractivity contribution in [2.24, 2.45) is 0 Å². The maximum absolute atomic E-state index is 0. The van der Waals surface area contributed by atoms with E-state index in [1.807, 2.05) is 0 Å². The minimum atomic E-state index is 0. The van der Waals surface area contributed by atoms with Crippen molar-refractivity contribution in [2.45, 2.75) is 0 Å². The van der Waals surface area contributed by atoms with Gasteiger partial charge in [-0.3, -0.25) is 0 Å². The van der Waals surface area contributed by atoms with Gasteiger partial charge in [0.25, 0.3) is 0 Å². The highest BCUT2D eigenvalue weighted by Gasteiger charge is 0.0120. The highest BCUT2D eigenvalue weighted by molar-refractivity contribution is 5.77. The van der Waals surface area contributed by atoms with Crippen molar-refractivity contribution in [2.75, 3.05) is 0 Å². The van der Waals surface area contributed by atoms with Crippen LogP contribution in [-0.2, 0) is 0 Å². The van der Waals surface area contributed by atoms with Gasteiger partial charge in [0.2, 0.25) is 0 Å². The molecule has 0 aliphatic rings. The van der Waals surface area contributed by atoms with E-state index in [-0.39, 0.29) is 124 Å². The van der Waals surface area contributed by atoms with E-state index >= 15 is 0 Å². The first-order valence-corrected chi connectivity index (χ1v) is 0.